The second-order valence-corrected chi connectivity index (χ2v) is 3.99. The average Bonchev–Trinajstić information content (AvgIpc) is 2.64. The van der Waals surface area contributed by atoms with E-state index in [0.717, 1.165) is 12.0 Å². The lowest BCUT2D eigenvalue weighted by Crippen LogP contribution is -2.19. The van der Waals surface area contributed by atoms with Gasteiger partial charge in [0, 0.05) is 18.5 Å². The molecule has 0 bridgehead atoms. The molecule has 25 heavy (non-hydrogen) atoms. The molecule has 9 nitrogen and oxygen atoms in total. The third-order valence-electron chi connectivity index (χ3n) is 2.49. The predicted octanol–water partition coefficient (Wildman–Crippen LogP) is 2.01. The van der Waals surface area contributed by atoms with Gasteiger partial charge in [-0.15, -0.1) is 10.3 Å². The van der Waals surface area contributed by atoms with Gasteiger partial charge >= 0.3 is 5.97 Å². The van der Waals surface area contributed by atoms with Crippen molar-refractivity contribution in [3.8, 4) is 0 Å². The molecule has 0 heterocycles. The van der Waals surface area contributed by atoms with Crippen LogP contribution in [0, 0.1) is 0 Å². The van der Waals surface area contributed by atoms with Crippen molar-refractivity contribution in [2.75, 3.05) is 21.3 Å². The Morgan fingerprint density at radius 2 is 1.92 bits per heavy atom. The van der Waals surface area contributed by atoms with E-state index >= 15 is 0 Å². The summed E-state index contributed by atoms with van der Waals surface area (Å²) in [7, 11) is 4.14. The summed E-state index contributed by atoms with van der Waals surface area (Å²) < 4.78 is 9.85. The molecule has 1 aromatic rings. The maximum Gasteiger partial charge on any atom is 0.360 e. The van der Waals surface area contributed by atoms with Crippen LogP contribution in [0.5, 0.6) is 0 Å². The van der Waals surface area contributed by atoms with Crippen LogP contribution in [0.3, 0.4) is 0 Å². The first-order valence-corrected chi connectivity index (χ1v) is 7.04. The summed E-state index contributed by atoms with van der Waals surface area (Å²) in [6.07, 6.45) is 2.75. The lowest BCUT2D eigenvalue weighted by molar-refractivity contribution is -0.132. The molecule has 0 unspecified atom stereocenters. The zero-order chi connectivity index (χ0) is 18.9. The lowest BCUT2D eigenvalue weighted by Gasteiger charge is -2.09. The topological polar surface area (TPSA) is 103 Å². The van der Waals surface area contributed by atoms with Crippen molar-refractivity contribution in [3.63, 3.8) is 0 Å². The smallest absolute Gasteiger partial charge is 0.360 e. The van der Waals surface area contributed by atoms with Gasteiger partial charge in [0.15, 0.2) is 12.1 Å². The molecule has 0 radical (unpaired) electrons. The lowest BCUT2D eigenvalue weighted by atomic mass is 10.0. The summed E-state index contributed by atoms with van der Waals surface area (Å²) in [5.74, 6) is -0.597. The molecular weight excluding hydrogens is 328 g/mol. The number of carbonyl (C=O) groups excluding carboxylic acids is 1. The second kappa shape index (κ2) is 14.4. The van der Waals surface area contributed by atoms with Gasteiger partial charge in [0.25, 0.3) is 0 Å². The van der Waals surface area contributed by atoms with E-state index in [1.54, 1.807) is 31.3 Å². The molecule has 0 aliphatic rings. The molecule has 0 amide bonds. The fourth-order valence-corrected chi connectivity index (χ4v) is 1.56. The van der Waals surface area contributed by atoms with Crippen LogP contribution < -0.4 is 0 Å². The number of hydrogen-bond donors (Lipinski definition) is 0. The van der Waals surface area contributed by atoms with E-state index in [4.69, 9.17) is 4.74 Å². The number of oxime groups is 2. The van der Waals surface area contributed by atoms with Crippen molar-refractivity contribution in [3.05, 3.63) is 35.4 Å². The minimum atomic E-state index is -0.597. The van der Waals surface area contributed by atoms with Gasteiger partial charge in [-0.2, -0.15) is 5.10 Å². The number of rotatable bonds is 8. The molecule has 1 rings (SSSR count). The van der Waals surface area contributed by atoms with Crippen LogP contribution in [-0.2, 0) is 30.6 Å². The number of esters is 1. The van der Waals surface area contributed by atoms with Gasteiger partial charge in [-0.05, 0) is 12.5 Å². The zero-order valence-corrected chi connectivity index (χ0v) is 14.7. The number of nitrogens with zero attached hydrogens (tertiary/aromatic N) is 4. The molecule has 0 N–H and O–H groups in total. The number of methoxy groups -OCH3 is 1. The van der Waals surface area contributed by atoms with Crippen LogP contribution in [0.15, 0.2) is 44.8 Å². The van der Waals surface area contributed by atoms with Gasteiger partial charge in [0.1, 0.15) is 20.8 Å². The van der Waals surface area contributed by atoms with Crippen LogP contribution >= 0.6 is 0 Å². The normalized spacial score (nSPS) is 10.8. The molecule has 0 aliphatic carbocycles. The highest BCUT2D eigenvalue weighted by Crippen LogP contribution is 2.12. The highest BCUT2D eigenvalue weighted by Gasteiger charge is 2.18. The van der Waals surface area contributed by atoms with Crippen molar-refractivity contribution in [2.45, 2.75) is 13.5 Å². The highest BCUT2D eigenvalue weighted by atomic mass is 16.6. The van der Waals surface area contributed by atoms with Gasteiger partial charge in [-0.25, -0.2) is 4.79 Å². The first-order valence-electron chi connectivity index (χ1n) is 7.04. The van der Waals surface area contributed by atoms with Crippen molar-refractivity contribution in [1.29, 1.82) is 0 Å². The second-order valence-electron chi connectivity index (χ2n) is 3.99. The van der Waals surface area contributed by atoms with Crippen LogP contribution in [0.25, 0.3) is 0 Å². The van der Waals surface area contributed by atoms with Gasteiger partial charge < -0.3 is 19.1 Å². The predicted molar refractivity (Wildman–Crippen MR) is 96.0 cm³/mol. The van der Waals surface area contributed by atoms with E-state index in [-0.39, 0.29) is 12.3 Å². The fourth-order valence-electron chi connectivity index (χ4n) is 1.56. The highest BCUT2D eigenvalue weighted by molar-refractivity contribution is 6.43. The maximum atomic E-state index is 11.7. The molecule has 0 saturated carbocycles. The summed E-state index contributed by atoms with van der Waals surface area (Å²) in [5, 5.41) is 13.8. The van der Waals surface area contributed by atoms with E-state index < -0.39 is 5.97 Å². The third-order valence-corrected chi connectivity index (χ3v) is 2.49. The van der Waals surface area contributed by atoms with E-state index in [9.17, 15) is 4.79 Å². The maximum absolute atomic E-state index is 11.7. The third kappa shape index (κ3) is 8.84. The summed E-state index contributed by atoms with van der Waals surface area (Å²) >= 11 is 0. The summed E-state index contributed by atoms with van der Waals surface area (Å²) in [6.45, 7) is 5.17. The molecule has 0 atom stereocenters. The van der Waals surface area contributed by atoms with E-state index in [2.05, 4.69) is 41.6 Å². The van der Waals surface area contributed by atoms with E-state index in [0.29, 0.717) is 5.56 Å². The summed E-state index contributed by atoms with van der Waals surface area (Å²) in [4.78, 5) is 20.6. The standard InChI is InChI=1S/C13H15N3O4.C3H7NO/c1-14-15-9-20-8-10-6-4-5-7-11(10)12(16-19-3)13(17)18-2;1-3-4-5-2/h4-7,9H,1,8H2,2-3H3;3H,1-2H3/b15-9?,16-12+;. The Balaban J connectivity index is 0.00000101. The van der Waals surface area contributed by atoms with Gasteiger partial charge in [0.2, 0.25) is 0 Å². The van der Waals surface area contributed by atoms with Crippen LogP contribution in [0.4, 0.5) is 0 Å². The quantitative estimate of drug-likeness (QED) is 0.309. The number of carbonyl (C=O) groups is 1. The molecule has 9 heteroatoms. The minimum Gasteiger partial charge on any atom is -0.477 e. The molecule has 0 aromatic heterocycles. The molecule has 0 spiro atoms. The number of ether oxygens (including phenoxy) is 2. The summed E-state index contributed by atoms with van der Waals surface area (Å²) in [5.41, 5.74) is 1.35. The monoisotopic (exact) mass is 350 g/mol. The van der Waals surface area contributed by atoms with Crippen molar-refractivity contribution in [2.24, 2.45) is 20.5 Å². The molecule has 1 aromatic carbocycles. The average molecular weight is 350 g/mol. The Hall–Kier alpha value is -3.23. The Morgan fingerprint density at radius 1 is 1.20 bits per heavy atom. The zero-order valence-electron chi connectivity index (χ0n) is 14.7. The van der Waals surface area contributed by atoms with E-state index in [1.807, 2.05) is 6.07 Å². The minimum absolute atomic E-state index is 0.0629. The Kier molecular flexibility index (Phi) is 12.5. The van der Waals surface area contributed by atoms with E-state index in [1.165, 1.54) is 21.3 Å². The first-order chi connectivity index (χ1) is 12.2. The SMILES string of the molecule is C=NN=COCc1ccccc1/C(=N\OC)C(=O)OC.CC=NOC. The number of benzene rings is 1. The van der Waals surface area contributed by atoms with Gasteiger partial charge in [-0.1, -0.05) is 29.4 Å². The van der Waals surface area contributed by atoms with Crippen LogP contribution in [0.2, 0.25) is 0 Å². The molecule has 0 saturated heterocycles. The molecule has 0 fully saturated rings. The van der Waals surface area contributed by atoms with Gasteiger partial charge in [-0.3, -0.25) is 0 Å². The van der Waals surface area contributed by atoms with Gasteiger partial charge in [0.05, 0.1) is 7.11 Å². The fraction of sp³-hybridized carbons (Fsp3) is 0.312. The largest absolute Gasteiger partial charge is 0.477 e. The van der Waals surface area contributed by atoms with Crippen molar-refractivity contribution < 1.29 is 23.9 Å². The molecule has 0 aliphatic heterocycles. The Labute approximate surface area is 146 Å². The van der Waals surface area contributed by atoms with Crippen molar-refractivity contribution in [1.82, 2.24) is 0 Å². The Morgan fingerprint density at radius 3 is 2.44 bits per heavy atom. The van der Waals surface area contributed by atoms with Crippen molar-refractivity contribution >= 4 is 31.0 Å². The molecule has 136 valence electrons. The Bertz CT molecular complexity index is 614. The summed E-state index contributed by atoms with van der Waals surface area (Å²) in [6, 6.07) is 7.09. The number of hydrogen-bond acceptors (Lipinski definition) is 9. The van der Waals surface area contributed by atoms with Crippen LogP contribution in [-0.4, -0.2) is 52.3 Å². The first kappa shape index (κ1) is 21.8. The molecular formula is C16H22N4O5. The van der Waals surface area contributed by atoms with Crippen LogP contribution in [0.1, 0.15) is 18.1 Å².